The molecule has 8 heteroatoms. The number of rotatable bonds is 2. The Morgan fingerprint density at radius 2 is 2.20 bits per heavy atom. The molecule has 4 heterocycles. The third kappa shape index (κ3) is 1.45. The fourth-order valence-electron chi connectivity index (χ4n) is 2.72. The zero-order chi connectivity index (χ0) is 13.7. The first-order valence-corrected chi connectivity index (χ1v) is 6.28. The van der Waals surface area contributed by atoms with E-state index < -0.39 is 5.60 Å². The molecule has 102 valence electrons. The molecule has 0 bridgehead atoms. The van der Waals surface area contributed by atoms with E-state index in [-0.39, 0.29) is 0 Å². The number of aromatic amines is 1. The highest BCUT2D eigenvalue weighted by molar-refractivity contribution is 5.87. The molecule has 0 amide bonds. The number of β-amino-alcohol motifs (C(OH)–C–C–N with tert-alkyl or cyclic N) is 1. The molecule has 0 aliphatic carbocycles. The average molecular weight is 271 g/mol. The van der Waals surface area contributed by atoms with Gasteiger partial charge >= 0.3 is 0 Å². The Morgan fingerprint density at radius 1 is 1.35 bits per heavy atom. The number of aromatic nitrogens is 6. The molecule has 1 fully saturated rings. The number of aliphatic hydroxyl groups is 1. The van der Waals surface area contributed by atoms with Crippen LogP contribution in [0, 0.1) is 0 Å². The second kappa shape index (κ2) is 3.76. The van der Waals surface area contributed by atoms with Crippen molar-refractivity contribution >= 4 is 16.9 Å². The summed E-state index contributed by atoms with van der Waals surface area (Å²) in [6, 6.07) is 1.94. The fraction of sp³-hybridized carbons (Fsp3) is 0.333. The van der Waals surface area contributed by atoms with E-state index >= 15 is 0 Å². The molecule has 0 spiro atoms. The van der Waals surface area contributed by atoms with Gasteiger partial charge in [-0.25, -0.2) is 14.6 Å². The van der Waals surface area contributed by atoms with Gasteiger partial charge in [-0.05, 0) is 6.07 Å². The van der Waals surface area contributed by atoms with E-state index in [2.05, 4.69) is 25.3 Å². The molecule has 8 nitrogen and oxygen atoms in total. The van der Waals surface area contributed by atoms with Crippen LogP contribution < -0.4 is 4.90 Å². The van der Waals surface area contributed by atoms with Gasteiger partial charge in [-0.15, -0.1) is 5.10 Å². The second-order valence-corrected chi connectivity index (χ2v) is 5.07. The van der Waals surface area contributed by atoms with E-state index in [1.807, 2.05) is 17.2 Å². The van der Waals surface area contributed by atoms with Gasteiger partial charge in [0.2, 0.25) is 0 Å². The maximum absolute atomic E-state index is 10.6. The lowest BCUT2D eigenvalue weighted by Crippen LogP contribution is -2.60. The highest BCUT2D eigenvalue weighted by Crippen LogP contribution is 2.36. The molecule has 1 aliphatic rings. The monoisotopic (exact) mass is 271 g/mol. The molecule has 0 unspecified atom stereocenters. The second-order valence-electron chi connectivity index (χ2n) is 5.07. The highest BCUT2D eigenvalue weighted by atomic mass is 16.3. The van der Waals surface area contributed by atoms with Crippen molar-refractivity contribution in [2.75, 3.05) is 18.0 Å². The van der Waals surface area contributed by atoms with Crippen molar-refractivity contribution in [1.29, 1.82) is 0 Å². The maximum atomic E-state index is 10.6. The summed E-state index contributed by atoms with van der Waals surface area (Å²) in [6.07, 6.45) is 4.96. The van der Waals surface area contributed by atoms with Crippen molar-refractivity contribution in [3.05, 3.63) is 30.5 Å². The van der Waals surface area contributed by atoms with Gasteiger partial charge in [-0.3, -0.25) is 0 Å². The smallest absolute Gasteiger partial charge is 0.142 e. The van der Waals surface area contributed by atoms with Gasteiger partial charge in [0.25, 0.3) is 0 Å². The van der Waals surface area contributed by atoms with Crippen LogP contribution in [0.2, 0.25) is 0 Å². The first-order valence-electron chi connectivity index (χ1n) is 6.28. The molecule has 0 saturated carbocycles. The van der Waals surface area contributed by atoms with Crippen LogP contribution in [-0.4, -0.2) is 48.1 Å². The number of nitrogens with zero attached hydrogens (tertiary/aromatic N) is 6. The largest absolute Gasteiger partial charge is 0.380 e. The average Bonchev–Trinajstić information content (AvgIpc) is 3.03. The summed E-state index contributed by atoms with van der Waals surface area (Å²) in [7, 11) is 1.78. The van der Waals surface area contributed by atoms with E-state index in [4.69, 9.17) is 0 Å². The first kappa shape index (κ1) is 11.4. The lowest BCUT2D eigenvalue weighted by molar-refractivity contribution is -0.000327. The van der Waals surface area contributed by atoms with Crippen LogP contribution in [0.15, 0.2) is 24.8 Å². The number of anilines is 1. The zero-order valence-corrected chi connectivity index (χ0v) is 10.9. The first-order chi connectivity index (χ1) is 9.67. The van der Waals surface area contributed by atoms with E-state index in [1.165, 1.54) is 6.33 Å². The van der Waals surface area contributed by atoms with Crippen molar-refractivity contribution < 1.29 is 5.11 Å². The number of nitrogens with one attached hydrogen (secondary N) is 1. The van der Waals surface area contributed by atoms with Gasteiger partial charge in [0.15, 0.2) is 0 Å². The summed E-state index contributed by atoms with van der Waals surface area (Å²) < 4.78 is 1.60. The number of hydrogen-bond acceptors (Lipinski definition) is 6. The molecule has 0 radical (unpaired) electrons. The predicted octanol–water partition coefficient (Wildman–Crippen LogP) is -0.206. The van der Waals surface area contributed by atoms with E-state index in [0.29, 0.717) is 18.8 Å². The topological polar surface area (TPSA) is 95.8 Å². The minimum absolute atomic E-state index is 0.464. The van der Waals surface area contributed by atoms with Gasteiger partial charge < -0.3 is 15.0 Å². The Morgan fingerprint density at radius 3 is 2.95 bits per heavy atom. The molecule has 1 aliphatic heterocycles. The van der Waals surface area contributed by atoms with Crippen molar-refractivity contribution in [2.45, 2.75) is 5.60 Å². The number of aryl methyl sites for hydroxylation is 1. The number of fused-ring (bicyclic) bond motifs is 1. The van der Waals surface area contributed by atoms with Crippen LogP contribution in [0.25, 0.3) is 11.0 Å². The van der Waals surface area contributed by atoms with Gasteiger partial charge in [0.1, 0.15) is 23.4 Å². The lowest BCUT2D eigenvalue weighted by Gasteiger charge is -2.46. The quantitative estimate of drug-likeness (QED) is 0.670. The molecule has 20 heavy (non-hydrogen) atoms. The third-order valence-electron chi connectivity index (χ3n) is 3.73. The summed E-state index contributed by atoms with van der Waals surface area (Å²) in [4.78, 5) is 13.6. The van der Waals surface area contributed by atoms with Crippen LogP contribution in [0.3, 0.4) is 0 Å². The SMILES string of the molecule is Cn1nncc1C1(O)CN(c2ncnc3[nH]ccc23)C1. The molecule has 0 aromatic carbocycles. The minimum Gasteiger partial charge on any atom is -0.380 e. The van der Waals surface area contributed by atoms with Crippen molar-refractivity contribution in [1.82, 2.24) is 29.9 Å². The maximum Gasteiger partial charge on any atom is 0.142 e. The Bertz CT molecular complexity index is 771. The Hall–Kier alpha value is -2.48. The van der Waals surface area contributed by atoms with E-state index in [0.717, 1.165) is 16.9 Å². The van der Waals surface area contributed by atoms with Gasteiger partial charge in [-0.2, -0.15) is 0 Å². The highest BCUT2D eigenvalue weighted by Gasteiger charge is 2.46. The normalized spacial score (nSPS) is 17.4. The number of hydrogen-bond donors (Lipinski definition) is 2. The summed E-state index contributed by atoms with van der Waals surface area (Å²) >= 11 is 0. The summed E-state index contributed by atoms with van der Waals surface area (Å²) in [6.45, 7) is 0.928. The van der Waals surface area contributed by atoms with Gasteiger partial charge in [0.05, 0.1) is 30.4 Å². The molecule has 3 aromatic rings. The van der Waals surface area contributed by atoms with Crippen molar-refractivity contribution in [3.8, 4) is 0 Å². The van der Waals surface area contributed by atoms with Crippen molar-refractivity contribution in [3.63, 3.8) is 0 Å². The number of H-pyrrole nitrogens is 1. The molecule has 0 atom stereocenters. The van der Waals surface area contributed by atoms with E-state index in [1.54, 1.807) is 17.9 Å². The molecule has 2 N–H and O–H groups in total. The Labute approximate surface area is 114 Å². The van der Waals surface area contributed by atoms with Gasteiger partial charge in [-0.1, -0.05) is 5.21 Å². The van der Waals surface area contributed by atoms with Gasteiger partial charge in [0, 0.05) is 13.2 Å². The van der Waals surface area contributed by atoms with Crippen LogP contribution in [0.4, 0.5) is 5.82 Å². The van der Waals surface area contributed by atoms with Crippen LogP contribution in [0.5, 0.6) is 0 Å². The van der Waals surface area contributed by atoms with Crippen LogP contribution in [0.1, 0.15) is 5.69 Å². The standard InChI is InChI=1S/C12H13N7O/c1-18-9(4-16-17-18)12(20)5-19(6-12)11-8-2-3-13-10(8)14-7-15-11/h2-4,7,20H,5-6H2,1H3,(H,13,14,15). The summed E-state index contributed by atoms with van der Waals surface area (Å²) in [5.74, 6) is 0.830. The predicted molar refractivity (Wildman–Crippen MR) is 71.0 cm³/mol. The molecule has 4 rings (SSSR count). The molecule has 3 aromatic heterocycles. The van der Waals surface area contributed by atoms with E-state index in [9.17, 15) is 5.11 Å². The fourth-order valence-corrected chi connectivity index (χ4v) is 2.72. The Balaban J connectivity index is 1.65. The minimum atomic E-state index is -0.925. The van der Waals surface area contributed by atoms with Crippen LogP contribution in [-0.2, 0) is 12.6 Å². The summed E-state index contributed by atoms with van der Waals surface area (Å²) in [5.41, 5.74) is 0.590. The molecule has 1 saturated heterocycles. The molecular formula is C12H13N7O. The lowest BCUT2D eigenvalue weighted by atomic mass is 9.90. The summed E-state index contributed by atoms with van der Waals surface area (Å²) in [5, 5.41) is 19.2. The Kier molecular flexibility index (Phi) is 2.14. The van der Waals surface area contributed by atoms with Crippen LogP contribution >= 0.6 is 0 Å². The molecular weight excluding hydrogens is 258 g/mol. The third-order valence-corrected chi connectivity index (χ3v) is 3.73. The van der Waals surface area contributed by atoms with Crippen molar-refractivity contribution in [2.24, 2.45) is 7.05 Å². The zero-order valence-electron chi connectivity index (χ0n) is 10.9.